The van der Waals surface area contributed by atoms with Crippen molar-refractivity contribution in [2.24, 2.45) is 0 Å². The molecule has 1 amide bonds. The highest BCUT2D eigenvalue weighted by Crippen LogP contribution is 2.17. The van der Waals surface area contributed by atoms with Crippen molar-refractivity contribution in [3.05, 3.63) is 77.9 Å². The summed E-state index contributed by atoms with van der Waals surface area (Å²) in [6.07, 6.45) is 1.36. The van der Waals surface area contributed by atoms with Gasteiger partial charge in [-0.25, -0.2) is 12.7 Å². The Balaban J connectivity index is 2.30. The molecule has 0 heterocycles. The third kappa shape index (κ3) is 5.08. The average molecular weight is 381 g/mol. The molecule has 5 heteroatoms. The number of carbonyl (C=O) groups excluding carboxylic acids is 1. The first-order chi connectivity index (χ1) is 12.8. The zero-order chi connectivity index (χ0) is 20.0. The van der Waals surface area contributed by atoms with Gasteiger partial charge in [0.1, 0.15) is 0 Å². The van der Waals surface area contributed by atoms with Gasteiger partial charge in [-0.05, 0) is 42.7 Å². The molecule has 0 saturated heterocycles. The summed E-state index contributed by atoms with van der Waals surface area (Å²) in [5.41, 5.74) is 2.75. The molecule has 0 unspecified atom stereocenters. The van der Waals surface area contributed by atoms with E-state index in [0.29, 0.717) is 11.5 Å². The number of benzene rings is 2. The van der Waals surface area contributed by atoms with Gasteiger partial charge in [-0.2, -0.15) is 0 Å². The molecule has 0 atom stereocenters. The van der Waals surface area contributed by atoms with Gasteiger partial charge in [0.2, 0.25) is 0 Å². The molecule has 2 aromatic rings. The number of amides is 1. The van der Waals surface area contributed by atoms with Crippen molar-refractivity contribution in [1.29, 1.82) is 0 Å². The van der Waals surface area contributed by atoms with Crippen molar-refractivity contribution >= 4 is 15.9 Å². The Morgan fingerprint density at radius 2 is 1.70 bits per heavy atom. The monoisotopic (exact) mass is 381 g/mol. The van der Waals surface area contributed by atoms with E-state index in [2.05, 4.69) is 32.3 Å². The normalized spacial score (nSPS) is 10.8. The van der Waals surface area contributed by atoms with Crippen LogP contribution in [0.5, 0.6) is 0 Å². The van der Waals surface area contributed by atoms with Gasteiger partial charge in [0.25, 0.3) is 10.0 Å². The smallest absolute Gasteiger partial charge is 0.258 e. The van der Waals surface area contributed by atoms with Crippen molar-refractivity contribution in [3.8, 4) is 11.8 Å². The minimum absolute atomic E-state index is 0.0476. The number of carbonyl (C=O) groups is 1. The van der Waals surface area contributed by atoms with E-state index in [1.54, 1.807) is 12.1 Å². The highest BCUT2D eigenvalue weighted by atomic mass is 32.2. The molecule has 0 radical (unpaired) electrons. The van der Waals surface area contributed by atoms with Gasteiger partial charge >= 0.3 is 5.91 Å². The van der Waals surface area contributed by atoms with Crippen LogP contribution in [0.2, 0.25) is 0 Å². The molecular weight excluding hydrogens is 358 g/mol. The lowest BCUT2D eigenvalue weighted by Gasteiger charge is -2.18. The molecule has 4 nitrogen and oxygen atoms in total. The topological polar surface area (TPSA) is 54.5 Å². The van der Waals surface area contributed by atoms with Crippen LogP contribution in [-0.4, -0.2) is 25.2 Å². The molecule has 2 aromatic carbocycles. The van der Waals surface area contributed by atoms with Gasteiger partial charge in [-0.3, -0.25) is 4.79 Å². The minimum atomic E-state index is -3.99. The number of sulfonamides is 1. The van der Waals surface area contributed by atoms with Gasteiger partial charge in [0, 0.05) is 11.5 Å². The quantitative estimate of drug-likeness (QED) is 0.583. The van der Waals surface area contributed by atoms with E-state index in [9.17, 15) is 13.2 Å². The Kier molecular flexibility index (Phi) is 6.59. The van der Waals surface area contributed by atoms with Gasteiger partial charge < -0.3 is 0 Å². The first-order valence-electron chi connectivity index (χ1n) is 8.62. The Labute approximate surface area is 161 Å². The maximum Gasteiger partial charge on any atom is 0.312 e. The van der Waals surface area contributed by atoms with Crippen LogP contribution < -0.4 is 0 Å². The summed E-state index contributed by atoms with van der Waals surface area (Å²) in [7, 11) is -3.99. The van der Waals surface area contributed by atoms with E-state index in [1.807, 2.05) is 31.2 Å². The predicted octanol–water partition coefficient (Wildman–Crippen LogP) is 3.87. The number of hydrogen-bond donors (Lipinski definition) is 0. The van der Waals surface area contributed by atoms with E-state index < -0.39 is 15.9 Å². The fourth-order valence-electron chi connectivity index (χ4n) is 2.38. The molecule has 0 fully saturated rings. The first-order valence-corrected chi connectivity index (χ1v) is 10.1. The van der Waals surface area contributed by atoms with Crippen LogP contribution in [0.15, 0.2) is 66.1 Å². The summed E-state index contributed by atoms with van der Waals surface area (Å²) in [5, 5.41) is 0. The molecule has 0 aliphatic heterocycles. The largest absolute Gasteiger partial charge is 0.312 e. The predicted molar refractivity (Wildman–Crippen MR) is 108 cm³/mol. The van der Waals surface area contributed by atoms with Crippen LogP contribution in [-0.2, 0) is 14.8 Å². The van der Waals surface area contributed by atoms with Crippen LogP contribution >= 0.6 is 0 Å². The number of rotatable bonds is 5. The Hall–Kier alpha value is -2.84. The maximum atomic E-state index is 12.8. The van der Waals surface area contributed by atoms with Gasteiger partial charge in [0.15, 0.2) is 0 Å². The van der Waals surface area contributed by atoms with E-state index >= 15 is 0 Å². The van der Waals surface area contributed by atoms with Crippen molar-refractivity contribution in [2.45, 2.75) is 31.6 Å². The number of hydrogen-bond acceptors (Lipinski definition) is 3. The Morgan fingerprint density at radius 3 is 2.22 bits per heavy atom. The highest BCUT2D eigenvalue weighted by Gasteiger charge is 2.27. The Bertz CT molecular complexity index is 977. The lowest BCUT2D eigenvalue weighted by atomic mass is 10.0. The SMILES string of the molecule is C=CCN(C(=O)C#Cc1ccc(C(C)C)cc1)S(=O)(=O)c1ccc(C)cc1. The van der Waals surface area contributed by atoms with Gasteiger partial charge in [-0.15, -0.1) is 6.58 Å². The number of nitrogens with zero attached hydrogens (tertiary/aromatic N) is 1. The second-order valence-electron chi connectivity index (χ2n) is 6.47. The summed E-state index contributed by atoms with van der Waals surface area (Å²) in [5.74, 6) is 4.78. The second kappa shape index (κ2) is 8.70. The molecule has 0 N–H and O–H groups in total. The summed E-state index contributed by atoms with van der Waals surface area (Å²) in [6, 6.07) is 13.9. The third-order valence-electron chi connectivity index (χ3n) is 4.02. The van der Waals surface area contributed by atoms with E-state index in [-0.39, 0.29) is 11.4 Å². The fourth-order valence-corrected chi connectivity index (χ4v) is 3.68. The van der Waals surface area contributed by atoms with Gasteiger partial charge in [-0.1, -0.05) is 55.7 Å². The minimum Gasteiger partial charge on any atom is -0.258 e. The molecule has 0 spiro atoms. The highest BCUT2D eigenvalue weighted by molar-refractivity contribution is 7.89. The van der Waals surface area contributed by atoms with E-state index in [1.165, 1.54) is 23.8 Å². The summed E-state index contributed by atoms with van der Waals surface area (Å²) in [4.78, 5) is 12.5. The van der Waals surface area contributed by atoms with E-state index in [4.69, 9.17) is 0 Å². The van der Waals surface area contributed by atoms with Crippen LogP contribution in [0.25, 0.3) is 0 Å². The zero-order valence-electron chi connectivity index (χ0n) is 15.8. The molecule has 2 rings (SSSR count). The van der Waals surface area contributed by atoms with Gasteiger partial charge in [0.05, 0.1) is 11.4 Å². The summed E-state index contributed by atoms with van der Waals surface area (Å²) in [6.45, 7) is 9.44. The van der Waals surface area contributed by atoms with E-state index in [0.717, 1.165) is 9.87 Å². The van der Waals surface area contributed by atoms with Crippen molar-refractivity contribution in [3.63, 3.8) is 0 Å². The standard InChI is InChI=1S/C22H23NO3S/c1-5-16-23(27(25,26)21-13-6-18(4)7-14-21)22(24)15-10-19-8-11-20(12-9-19)17(2)3/h5-9,11-14,17H,1,16H2,2-4H3. The molecule has 27 heavy (non-hydrogen) atoms. The first kappa shape index (κ1) is 20.5. The summed E-state index contributed by atoms with van der Waals surface area (Å²) < 4.78 is 26.3. The lowest BCUT2D eigenvalue weighted by Crippen LogP contribution is -2.36. The van der Waals surface area contributed by atoms with Crippen molar-refractivity contribution < 1.29 is 13.2 Å². The second-order valence-corrected chi connectivity index (χ2v) is 8.33. The Morgan fingerprint density at radius 1 is 1.11 bits per heavy atom. The van der Waals surface area contributed by atoms with Crippen LogP contribution in [0.3, 0.4) is 0 Å². The molecule has 0 aliphatic carbocycles. The molecule has 140 valence electrons. The molecular formula is C22H23NO3S. The number of aryl methyl sites for hydroxylation is 1. The van der Waals surface area contributed by atoms with Crippen LogP contribution in [0, 0.1) is 18.8 Å². The zero-order valence-corrected chi connectivity index (χ0v) is 16.6. The van der Waals surface area contributed by atoms with Crippen molar-refractivity contribution in [2.75, 3.05) is 6.54 Å². The lowest BCUT2D eigenvalue weighted by molar-refractivity contribution is -0.120. The maximum absolute atomic E-state index is 12.8. The average Bonchev–Trinajstić information content (AvgIpc) is 2.64. The van der Waals surface area contributed by atoms with Crippen LogP contribution in [0.1, 0.15) is 36.5 Å². The molecule has 0 aliphatic rings. The van der Waals surface area contributed by atoms with Crippen LogP contribution in [0.4, 0.5) is 0 Å². The molecule has 0 bridgehead atoms. The summed E-state index contributed by atoms with van der Waals surface area (Å²) >= 11 is 0. The third-order valence-corrected chi connectivity index (χ3v) is 5.78. The fraction of sp³-hybridized carbons (Fsp3) is 0.227. The van der Waals surface area contributed by atoms with Crippen molar-refractivity contribution in [1.82, 2.24) is 4.31 Å². The molecule has 0 aromatic heterocycles. The molecule has 0 saturated carbocycles.